The normalized spacial score (nSPS) is 16.8. The number of Topliss-reactive ketones (excluding diaryl/α,β-unsaturated/α-hetero) is 1. The summed E-state index contributed by atoms with van der Waals surface area (Å²) in [5.74, 6) is -0.722. The van der Waals surface area contributed by atoms with Crippen molar-refractivity contribution in [1.82, 2.24) is 0 Å². The standard InChI is InChI=1S/C13H13BrO4/c1-18-10-4-3-8(7-9(10)14)11(15)13(12(16)17)5-2-6-13/h3-4,7H,2,5-6H2,1H3,(H,16,17). The molecule has 0 atom stereocenters. The van der Waals surface area contributed by atoms with Gasteiger partial charge in [0.05, 0.1) is 11.6 Å². The summed E-state index contributed by atoms with van der Waals surface area (Å²) >= 11 is 3.29. The summed E-state index contributed by atoms with van der Waals surface area (Å²) in [4.78, 5) is 23.6. The van der Waals surface area contributed by atoms with Crippen LogP contribution in [0.2, 0.25) is 0 Å². The molecule has 0 heterocycles. The predicted octanol–water partition coefficient (Wildman–Crippen LogP) is 2.90. The minimum Gasteiger partial charge on any atom is -0.496 e. The fraction of sp³-hybridized carbons (Fsp3) is 0.385. The third-order valence-electron chi connectivity index (χ3n) is 3.47. The first-order valence-corrected chi connectivity index (χ1v) is 6.42. The summed E-state index contributed by atoms with van der Waals surface area (Å²) in [5, 5.41) is 9.23. The van der Waals surface area contributed by atoms with Gasteiger partial charge in [-0.15, -0.1) is 0 Å². The van der Waals surface area contributed by atoms with Crippen LogP contribution in [0.5, 0.6) is 5.75 Å². The van der Waals surface area contributed by atoms with Crippen LogP contribution in [0.15, 0.2) is 22.7 Å². The number of carbonyl (C=O) groups is 2. The topological polar surface area (TPSA) is 63.6 Å². The number of rotatable bonds is 4. The highest BCUT2D eigenvalue weighted by Gasteiger charge is 2.51. The first-order valence-electron chi connectivity index (χ1n) is 5.63. The van der Waals surface area contributed by atoms with E-state index in [2.05, 4.69) is 15.9 Å². The molecule has 1 N–H and O–H groups in total. The van der Waals surface area contributed by atoms with Gasteiger partial charge in [0.15, 0.2) is 5.78 Å². The SMILES string of the molecule is COc1ccc(C(=O)C2(C(=O)O)CCC2)cc1Br. The average Bonchev–Trinajstić information content (AvgIpc) is 2.26. The van der Waals surface area contributed by atoms with Gasteiger partial charge in [0.2, 0.25) is 0 Å². The molecule has 0 radical (unpaired) electrons. The van der Waals surface area contributed by atoms with Crippen molar-refractivity contribution in [2.24, 2.45) is 5.41 Å². The van der Waals surface area contributed by atoms with Gasteiger partial charge in [-0.05, 0) is 47.0 Å². The van der Waals surface area contributed by atoms with Crippen LogP contribution in [0.1, 0.15) is 29.6 Å². The zero-order chi connectivity index (χ0) is 13.3. The molecule has 1 saturated carbocycles. The largest absolute Gasteiger partial charge is 0.496 e. The monoisotopic (exact) mass is 312 g/mol. The van der Waals surface area contributed by atoms with E-state index >= 15 is 0 Å². The molecule has 1 aliphatic rings. The minimum absolute atomic E-state index is 0.315. The molecule has 2 rings (SSSR count). The van der Waals surface area contributed by atoms with E-state index in [0.29, 0.717) is 28.6 Å². The second-order valence-corrected chi connectivity index (χ2v) is 5.27. The van der Waals surface area contributed by atoms with E-state index in [-0.39, 0.29) is 5.78 Å². The third kappa shape index (κ3) is 1.92. The lowest BCUT2D eigenvalue weighted by Crippen LogP contribution is -2.45. The Morgan fingerprint density at radius 1 is 1.39 bits per heavy atom. The highest BCUT2D eigenvalue weighted by Crippen LogP contribution is 2.44. The van der Waals surface area contributed by atoms with Crippen LogP contribution in [0, 0.1) is 5.41 Å². The number of benzene rings is 1. The lowest BCUT2D eigenvalue weighted by molar-refractivity contribution is -0.150. The molecule has 0 bridgehead atoms. The predicted molar refractivity (Wildman–Crippen MR) is 68.9 cm³/mol. The number of carboxylic acid groups (broad SMARTS) is 1. The van der Waals surface area contributed by atoms with E-state index in [9.17, 15) is 14.7 Å². The molecule has 0 saturated heterocycles. The third-order valence-corrected chi connectivity index (χ3v) is 4.08. The van der Waals surface area contributed by atoms with E-state index in [0.717, 1.165) is 6.42 Å². The minimum atomic E-state index is -1.21. The lowest BCUT2D eigenvalue weighted by atomic mass is 9.64. The van der Waals surface area contributed by atoms with Crippen molar-refractivity contribution in [3.8, 4) is 5.75 Å². The molecule has 1 aromatic rings. The zero-order valence-corrected chi connectivity index (χ0v) is 11.5. The molecule has 1 aromatic carbocycles. The highest BCUT2D eigenvalue weighted by atomic mass is 79.9. The van der Waals surface area contributed by atoms with E-state index in [1.165, 1.54) is 7.11 Å². The smallest absolute Gasteiger partial charge is 0.317 e. The molecule has 0 aromatic heterocycles. The maximum Gasteiger partial charge on any atom is 0.317 e. The number of ether oxygens (including phenoxy) is 1. The van der Waals surface area contributed by atoms with Gasteiger partial charge in [-0.25, -0.2) is 0 Å². The fourth-order valence-electron chi connectivity index (χ4n) is 2.15. The summed E-state index contributed by atoms with van der Waals surface area (Å²) in [5.41, 5.74) is -0.807. The molecule has 0 aliphatic heterocycles. The number of hydrogen-bond donors (Lipinski definition) is 1. The first-order chi connectivity index (χ1) is 8.51. The number of methoxy groups -OCH3 is 1. The van der Waals surface area contributed by atoms with Crippen molar-refractivity contribution in [2.75, 3.05) is 7.11 Å². The van der Waals surface area contributed by atoms with Crippen LogP contribution in [0.25, 0.3) is 0 Å². The van der Waals surface area contributed by atoms with Gasteiger partial charge < -0.3 is 9.84 Å². The Morgan fingerprint density at radius 2 is 2.06 bits per heavy atom. The van der Waals surface area contributed by atoms with Crippen molar-refractivity contribution in [3.05, 3.63) is 28.2 Å². The van der Waals surface area contributed by atoms with Gasteiger partial charge in [0, 0.05) is 5.56 Å². The van der Waals surface area contributed by atoms with Crippen molar-refractivity contribution in [3.63, 3.8) is 0 Å². The molecule has 1 aliphatic carbocycles. The average molecular weight is 313 g/mol. The summed E-state index contributed by atoms with van der Waals surface area (Å²) in [6, 6.07) is 4.88. The van der Waals surface area contributed by atoms with Crippen LogP contribution in [-0.2, 0) is 4.79 Å². The van der Waals surface area contributed by atoms with Crippen molar-refractivity contribution in [1.29, 1.82) is 0 Å². The van der Waals surface area contributed by atoms with Crippen LogP contribution < -0.4 is 4.74 Å². The Labute approximate surface area is 113 Å². The number of aliphatic carboxylic acids is 1. The first kappa shape index (κ1) is 13.1. The number of carbonyl (C=O) groups excluding carboxylic acids is 1. The Bertz CT molecular complexity index is 506. The van der Waals surface area contributed by atoms with Crippen molar-refractivity contribution < 1.29 is 19.4 Å². The lowest BCUT2D eigenvalue weighted by Gasteiger charge is -2.36. The second-order valence-electron chi connectivity index (χ2n) is 4.42. The Morgan fingerprint density at radius 3 is 2.44 bits per heavy atom. The molecule has 96 valence electrons. The summed E-state index contributed by atoms with van der Waals surface area (Å²) in [6.45, 7) is 0. The molecule has 0 unspecified atom stereocenters. The zero-order valence-electron chi connectivity index (χ0n) is 9.90. The van der Waals surface area contributed by atoms with E-state index in [1.54, 1.807) is 18.2 Å². The van der Waals surface area contributed by atoms with Gasteiger partial charge in [0.25, 0.3) is 0 Å². The molecule has 0 amide bonds. The summed E-state index contributed by atoms with van der Waals surface area (Å²) in [6.07, 6.45) is 1.63. The molecule has 1 fully saturated rings. The maximum absolute atomic E-state index is 12.3. The molecular formula is C13H13BrO4. The maximum atomic E-state index is 12.3. The van der Waals surface area contributed by atoms with Crippen LogP contribution in [-0.4, -0.2) is 24.0 Å². The molecule has 0 spiro atoms. The Hall–Kier alpha value is -1.36. The summed E-state index contributed by atoms with van der Waals surface area (Å²) in [7, 11) is 1.53. The number of hydrogen-bond acceptors (Lipinski definition) is 3. The quantitative estimate of drug-likeness (QED) is 0.686. The van der Waals surface area contributed by atoms with Gasteiger partial charge >= 0.3 is 5.97 Å². The van der Waals surface area contributed by atoms with Crippen LogP contribution in [0.3, 0.4) is 0 Å². The highest BCUT2D eigenvalue weighted by molar-refractivity contribution is 9.10. The van der Waals surface area contributed by atoms with Crippen LogP contribution >= 0.6 is 15.9 Å². The van der Waals surface area contributed by atoms with E-state index < -0.39 is 11.4 Å². The number of carboxylic acids is 1. The second kappa shape index (κ2) is 4.72. The van der Waals surface area contributed by atoms with E-state index in [4.69, 9.17) is 4.74 Å². The molecular weight excluding hydrogens is 300 g/mol. The number of ketones is 1. The van der Waals surface area contributed by atoms with Gasteiger partial charge in [-0.3, -0.25) is 9.59 Å². The van der Waals surface area contributed by atoms with E-state index in [1.807, 2.05) is 0 Å². The van der Waals surface area contributed by atoms with Crippen LogP contribution in [0.4, 0.5) is 0 Å². The van der Waals surface area contributed by atoms with Gasteiger partial charge in [-0.2, -0.15) is 0 Å². The Kier molecular flexibility index (Phi) is 3.43. The molecule has 18 heavy (non-hydrogen) atoms. The molecule has 4 nitrogen and oxygen atoms in total. The fourth-order valence-corrected chi connectivity index (χ4v) is 2.69. The van der Waals surface area contributed by atoms with Crippen molar-refractivity contribution >= 4 is 27.7 Å². The van der Waals surface area contributed by atoms with Gasteiger partial charge in [0.1, 0.15) is 11.2 Å². The molecule has 5 heteroatoms. The summed E-state index contributed by atoms with van der Waals surface area (Å²) < 4.78 is 5.73. The Balaban J connectivity index is 2.34. The van der Waals surface area contributed by atoms with Gasteiger partial charge in [-0.1, -0.05) is 6.42 Å². The number of halogens is 1. The van der Waals surface area contributed by atoms with Crippen molar-refractivity contribution in [2.45, 2.75) is 19.3 Å².